The molecule has 0 radical (unpaired) electrons. The van der Waals surface area contributed by atoms with Gasteiger partial charge in [0.1, 0.15) is 0 Å². The van der Waals surface area contributed by atoms with Crippen LogP contribution < -0.4 is 5.32 Å². The fourth-order valence-electron chi connectivity index (χ4n) is 1.95. The van der Waals surface area contributed by atoms with Gasteiger partial charge in [-0.25, -0.2) is 13.4 Å². The number of halogens is 1. The molecule has 0 bridgehead atoms. The highest BCUT2D eigenvalue weighted by Gasteiger charge is 2.32. The molecule has 1 atom stereocenters. The zero-order chi connectivity index (χ0) is 12.5. The molecule has 1 aromatic rings. The first-order valence-corrected chi connectivity index (χ1v) is 7.24. The second kappa shape index (κ2) is 6.01. The van der Waals surface area contributed by atoms with Crippen LogP contribution in [0.5, 0.6) is 0 Å². The monoisotopic (exact) mass is 294 g/mol. The number of piperazine rings is 1. The number of rotatable bonds is 3. The van der Waals surface area contributed by atoms with Crippen molar-refractivity contribution in [3.05, 3.63) is 12.5 Å². The second-order valence-corrected chi connectivity index (χ2v) is 6.05. The number of hydrogen-bond donors (Lipinski definition) is 1. The molecule has 2 heterocycles. The minimum Gasteiger partial charge on any atom is -0.336 e. The number of nitrogens with zero attached hydrogens (tertiary/aromatic N) is 3. The van der Waals surface area contributed by atoms with Gasteiger partial charge in [0, 0.05) is 38.4 Å². The predicted molar refractivity (Wildman–Crippen MR) is 71.4 cm³/mol. The maximum atomic E-state index is 12.3. The maximum Gasteiger partial charge on any atom is 0.262 e. The van der Waals surface area contributed by atoms with Gasteiger partial charge in [-0.05, 0) is 13.8 Å². The van der Waals surface area contributed by atoms with Crippen molar-refractivity contribution >= 4 is 22.4 Å². The van der Waals surface area contributed by atoms with E-state index in [0.29, 0.717) is 19.6 Å². The molecule has 0 unspecified atom stereocenters. The average Bonchev–Trinajstić information content (AvgIpc) is 2.78. The normalized spacial score (nSPS) is 21.6. The molecular weight excluding hydrogens is 276 g/mol. The summed E-state index contributed by atoms with van der Waals surface area (Å²) in [6, 6.07) is -0.0273. The van der Waals surface area contributed by atoms with Crippen LogP contribution in [0.3, 0.4) is 0 Å². The van der Waals surface area contributed by atoms with Crippen molar-refractivity contribution in [1.29, 1.82) is 0 Å². The second-order valence-electron chi connectivity index (χ2n) is 4.21. The summed E-state index contributed by atoms with van der Waals surface area (Å²) in [5.41, 5.74) is 0. The summed E-state index contributed by atoms with van der Waals surface area (Å²) in [7, 11) is -3.44. The third-order valence-corrected chi connectivity index (χ3v) is 4.89. The number of aromatic nitrogens is 2. The highest BCUT2D eigenvalue weighted by Crippen LogP contribution is 2.17. The molecule has 6 nitrogen and oxygen atoms in total. The summed E-state index contributed by atoms with van der Waals surface area (Å²) >= 11 is 0. The summed E-state index contributed by atoms with van der Waals surface area (Å²) in [6.45, 7) is 6.46. The molecule has 0 aromatic carbocycles. The van der Waals surface area contributed by atoms with Crippen molar-refractivity contribution in [2.24, 2.45) is 0 Å². The van der Waals surface area contributed by atoms with Crippen LogP contribution in [-0.4, -0.2) is 48.0 Å². The lowest BCUT2D eigenvalue weighted by molar-refractivity contribution is 0.283. The lowest BCUT2D eigenvalue weighted by atomic mass is 10.3. The molecule has 104 valence electrons. The van der Waals surface area contributed by atoms with Gasteiger partial charge in [-0.3, -0.25) is 0 Å². The Morgan fingerprint density at radius 1 is 1.56 bits per heavy atom. The van der Waals surface area contributed by atoms with E-state index < -0.39 is 10.0 Å². The highest BCUT2D eigenvalue weighted by atomic mass is 35.5. The van der Waals surface area contributed by atoms with Crippen molar-refractivity contribution < 1.29 is 8.42 Å². The van der Waals surface area contributed by atoms with E-state index in [1.54, 1.807) is 17.1 Å². The topological polar surface area (TPSA) is 67.2 Å². The molecule has 1 N–H and O–H groups in total. The van der Waals surface area contributed by atoms with E-state index in [1.165, 1.54) is 4.31 Å². The first-order valence-electron chi connectivity index (χ1n) is 5.80. The summed E-state index contributed by atoms with van der Waals surface area (Å²) in [4.78, 5) is 3.98. The summed E-state index contributed by atoms with van der Waals surface area (Å²) in [5.74, 6) is 0. The van der Waals surface area contributed by atoms with E-state index >= 15 is 0 Å². The van der Waals surface area contributed by atoms with Crippen molar-refractivity contribution in [3.8, 4) is 0 Å². The van der Waals surface area contributed by atoms with Crippen LogP contribution in [0.2, 0.25) is 0 Å². The number of nitrogens with one attached hydrogen (secondary N) is 1. The van der Waals surface area contributed by atoms with E-state index in [1.807, 2.05) is 13.8 Å². The standard InChI is InChI=1S/C10H18N4O2S.ClH/c1-3-13-7-10(12-8-13)17(15,16)14-5-4-11-6-9(14)2;/h7-9,11H,3-6H2,1-2H3;1H/t9-;/m1./s1. The number of hydrogen-bond acceptors (Lipinski definition) is 4. The highest BCUT2D eigenvalue weighted by molar-refractivity contribution is 7.89. The van der Waals surface area contributed by atoms with E-state index in [9.17, 15) is 8.42 Å². The largest absolute Gasteiger partial charge is 0.336 e. The van der Waals surface area contributed by atoms with Gasteiger partial charge in [0.15, 0.2) is 5.03 Å². The van der Waals surface area contributed by atoms with Crippen LogP contribution in [-0.2, 0) is 16.6 Å². The minimum absolute atomic E-state index is 0. The lowest BCUT2D eigenvalue weighted by Gasteiger charge is -2.32. The first-order chi connectivity index (χ1) is 8.05. The lowest BCUT2D eigenvalue weighted by Crippen LogP contribution is -2.52. The third-order valence-electron chi connectivity index (χ3n) is 2.99. The molecule has 1 aliphatic rings. The van der Waals surface area contributed by atoms with E-state index in [2.05, 4.69) is 10.3 Å². The molecule has 2 rings (SSSR count). The third kappa shape index (κ3) is 2.85. The number of sulfonamides is 1. The average molecular weight is 295 g/mol. The van der Waals surface area contributed by atoms with Gasteiger partial charge in [0.25, 0.3) is 10.0 Å². The Labute approximate surface area is 114 Å². The van der Waals surface area contributed by atoms with Gasteiger partial charge in [-0.2, -0.15) is 4.31 Å². The van der Waals surface area contributed by atoms with E-state index in [0.717, 1.165) is 6.54 Å². The Morgan fingerprint density at radius 2 is 2.28 bits per heavy atom. The maximum absolute atomic E-state index is 12.3. The van der Waals surface area contributed by atoms with Crippen LogP contribution >= 0.6 is 12.4 Å². The first kappa shape index (κ1) is 15.4. The smallest absolute Gasteiger partial charge is 0.262 e. The quantitative estimate of drug-likeness (QED) is 0.871. The molecule has 0 saturated carbocycles. The zero-order valence-corrected chi connectivity index (χ0v) is 12.2. The minimum atomic E-state index is -3.44. The SMILES string of the molecule is CCn1cnc(S(=O)(=O)N2CCNC[C@H]2C)c1.Cl. The van der Waals surface area contributed by atoms with Crippen molar-refractivity contribution in [2.75, 3.05) is 19.6 Å². The number of aryl methyl sites for hydroxylation is 1. The Bertz CT molecular complexity index is 488. The van der Waals surface area contributed by atoms with Crippen LogP contribution in [0.4, 0.5) is 0 Å². The van der Waals surface area contributed by atoms with Crippen LogP contribution in [0.25, 0.3) is 0 Å². The summed E-state index contributed by atoms with van der Waals surface area (Å²) < 4.78 is 28.0. The van der Waals surface area contributed by atoms with Crippen molar-refractivity contribution in [1.82, 2.24) is 19.2 Å². The zero-order valence-electron chi connectivity index (χ0n) is 10.5. The van der Waals surface area contributed by atoms with Crippen molar-refractivity contribution in [2.45, 2.75) is 31.5 Å². The van der Waals surface area contributed by atoms with Crippen LogP contribution in [0, 0.1) is 0 Å². The molecule has 1 aromatic heterocycles. The van der Waals surface area contributed by atoms with E-state index in [-0.39, 0.29) is 23.5 Å². The van der Waals surface area contributed by atoms with Gasteiger partial charge in [0.05, 0.1) is 6.33 Å². The predicted octanol–water partition coefficient (Wildman–Crippen LogP) is 0.307. The molecule has 0 aliphatic carbocycles. The Balaban J connectivity index is 0.00000162. The Kier molecular flexibility index (Phi) is 5.15. The van der Waals surface area contributed by atoms with Crippen LogP contribution in [0.15, 0.2) is 17.6 Å². The van der Waals surface area contributed by atoms with Gasteiger partial charge in [-0.15, -0.1) is 12.4 Å². The van der Waals surface area contributed by atoms with Gasteiger partial charge in [-0.1, -0.05) is 0 Å². The fourth-order valence-corrected chi connectivity index (χ4v) is 3.51. The molecule has 1 fully saturated rings. The molecular formula is C10H19ClN4O2S. The molecule has 18 heavy (non-hydrogen) atoms. The molecule has 0 spiro atoms. The Hall–Kier alpha value is -0.630. The van der Waals surface area contributed by atoms with Gasteiger partial charge < -0.3 is 9.88 Å². The van der Waals surface area contributed by atoms with Crippen LogP contribution in [0.1, 0.15) is 13.8 Å². The fraction of sp³-hybridized carbons (Fsp3) is 0.700. The molecule has 1 saturated heterocycles. The molecule has 0 amide bonds. The molecule has 1 aliphatic heterocycles. The van der Waals surface area contributed by atoms with Crippen molar-refractivity contribution in [3.63, 3.8) is 0 Å². The summed E-state index contributed by atoms with van der Waals surface area (Å²) in [5, 5.41) is 3.32. The summed E-state index contributed by atoms with van der Waals surface area (Å²) in [6.07, 6.45) is 3.14. The van der Waals surface area contributed by atoms with E-state index in [4.69, 9.17) is 0 Å². The van der Waals surface area contributed by atoms with Gasteiger partial charge >= 0.3 is 0 Å². The number of imidazole rings is 1. The van der Waals surface area contributed by atoms with Gasteiger partial charge in [0.2, 0.25) is 0 Å². The Morgan fingerprint density at radius 3 is 2.83 bits per heavy atom. The molecule has 8 heteroatoms.